The molecule has 0 aromatic heterocycles. The lowest BCUT2D eigenvalue weighted by atomic mass is 10.1. The third-order valence-corrected chi connectivity index (χ3v) is 3.89. The summed E-state index contributed by atoms with van der Waals surface area (Å²) in [6.07, 6.45) is 2.91. The van der Waals surface area contributed by atoms with Gasteiger partial charge < -0.3 is 5.32 Å². The minimum Gasteiger partial charge on any atom is -0.338 e. The van der Waals surface area contributed by atoms with E-state index in [1.165, 1.54) is 11.1 Å². The first-order chi connectivity index (χ1) is 10.3. The summed E-state index contributed by atoms with van der Waals surface area (Å²) in [5.41, 5.74) is 3.63. The molecule has 3 heteroatoms. The molecular formula is C18H20N2O. The molecule has 1 aliphatic heterocycles. The molecule has 1 heterocycles. The zero-order valence-corrected chi connectivity index (χ0v) is 12.1. The number of fused-ring (bicyclic) bond motifs is 1. The molecule has 2 aromatic carbocycles. The number of benzene rings is 2. The van der Waals surface area contributed by atoms with Crippen LogP contribution in [0.1, 0.15) is 17.5 Å². The van der Waals surface area contributed by atoms with Crippen LogP contribution in [0.5, 0.6) is 0 Å². The molecule has 1 aliphatic rings. The van der Waals surface area contributed by atoms with E-state index in [-0.39, 0.29) is 6.03 Å². The van der Waals surface area contributed by atoms with Crippen LogP contribution < -0.4 is 10.2 Å². The summed E-state index contributed by atoms with van der Waals surface area (Å²) in [7, 11) is 0. The summed E-state index contributed by atoms with van der Waals surface area (Å²) < 4.78 is 0. The van der Waals surface area contributed by atoms with Crippen molar-refractivity contribution in [1.29, 1.82) is 0 Å². The average Bonchev–Trinajstić information content (AvgIpc) is 2.96. The minimum absolute atomic E-state index is 0.0213. The highest BCUT2D eigenvalue weighted by molar-refractivity contribution is 5.94. The lowest BCUT2D eigenvalue weighted by Crippen LogP contribution is -2.39. The van der Waals surface area contributed by atoms with Gasteiger partial charge in [-0.25, -0.2) is 4.79 Å². The van der Waals surface area contributed by atoms with Crippen molar-refractivity contribution in [2.45, 2.75) is 19.3 Å². The fourth-order valence-electron chi connectivity index (χ4n) is 2.78. The largest absolute Gasteiger partial charge is 0.338 e. The van der Waals surface area contributed by atoms with E-state index in [1.54, 1.807) is 0 Å². The van der Waals surface area contributed by atoms with Crippen LogP contribution in [0.2, 0.25) is 0 Å². The summed E-state index contributed by atoms with van der Waals surface area (Å²) in [5, 5.41) is 3.02. The fraction of sp³-hybridized carbons (Fsp3) is 0.278. The maximum atomic E-state index is 12.2. The van der Waals surface area contributed by atoms with Crippen LogP contribution in [0.25, 0.3) is 0 Å². The monoisotopic (exact) mass is 280 g/mol. The second-order valence-corrected chi connectivity index (χ2v) is 5.35. The SMILES string of the molecule is O=C(NCCCc1ccccc1)N1CCc2ccccc21. The number of nitrogens with zero attached hydrogens (tertiary/aromatic N) is 1. The van der Waals surface area contributed by atoms with E-state index in [4.69, 9.17) is 0 Å². The van der Waals surface area contributed by atoms with Gasteiger partial charge in [-0.2, -0.15) is 0 Å². The number of rotatable bonds is 4. The third-order valence-electron chi connectivity index (χ3n) is 3.89. The van der Waals surface area contributed by atoms with E-state index >= 15 is 0 Å². The number of para-hydroxylation sites is 1. The first-order valence-electron chi connectivity index (χ1n) is 7.52. The number of amides is 2. The van der Waals surface area contributed by atoms with Gasteiger partial charge >= 0.3 is 6.03 Å². The van der Waals surface area contributed by atoms with E-state index in [1.807, 2.05) is 29.2 Å². The molecule has 21 heavy (non-hydrogen) atoms. The standard InChI is InChI=1S/C18H20N2O/c21-18(19-13-6-9-15-7-2-1-3-8-15)20-14-12-16-10-4-5-11-17(16)20/h1-5,7-8,10-11H,6,9,12-14H2,(H,19,21). The van der Waals surface area contributed by atoms with E-state index in [2.05, 4.69) is 35.6 Å². The summed E-state index contributed by atoms with van der Waals surface area (Å²) in [6, 6.07) is 18.5. The highest BCUT2D eigenvalue weighted by Gasteiger charge is 2.23. The van der Waals surface area contributed by atoms with Gasteiger partial charge in [-0.05, 0) is 36.5 Å². The molecule has 1 N–H and O–H groups in total. The maximum absolute atomic E-state index is 12.2. The lowest BCUT2D eigenvalue weighted by Gasteiger charge is -2.18. The number of nitrogens with one attached hydrogen (secondary N) is 1. The Labute approximate surface area is 125 Å². The van der Waals surface area contributed by atoms with Gasteiger partial charge in [0.15, 0.2) is 0 Å². The Kier molecular flexibility index (Phi) is 4.20. The van der Waals surface area contributed by atoms with Gasteiger partial charge in [-0.15, -0.1) is 0 Å². The summed E-state index contributed by atoms with van der Waals surface area (Å²) in [5.74, 6) is 0. The smallest absolute Gasteiger partial charge is 0.321 e. The van der Waals surface area contributed by atoms with Crippen LogP contribution in [-0.2, 0) is 12.8 Å². The van der Waals surface area contributed by atoms with E-state index in [9.17, 15) is 4.79 Å². The van der Waals surface area contributed by atoms with Gasteiger partial charge in [0.1, 0.15) is 0 Å². The summed E-state index contributed by atoms with van der Waals surface area (Å²) >= 11 is 0. The molecule has 0 radical (unpaired) electrons. The maximum Gasteiger partial charge on any atom is 0.321 e. The Morgan fingerprint density at radius 1 is 1.05 bits per heavy atom. The van der Waals surface area contributed by atoms with Crippen LogP contribution in [0.3, 0.4) is 0 Å². The summed E-state index contributed by atoms with van der Waals surface area (Å²) in [6.45, 7) is 1.50. The predicted molar refractivity (Wildman–Crippen MR) is 85.7 cm³/mol. The van der Waals surface area contributed by atoms with Crippen molar-refractivity contribution in [3.63, 3.8) is 0 Å². The van der Waals surface area contributed by atoms with Crippen molar-refractivity contribution in [2.75, 3.05) is 18.0 Å². The summed E-state index contributed by atoms with van der Waals surface area (Å²) in [4.78, 5) is 14.1. The Hall–Kier alpha value is -2.29. The van der Waals surface area contributed by atoms with Crippen molar-refractivity contribution in [1.82, 2.24) is 5.32 Å². The number of carbonyl (C=O) groups excluding carboxylic acids is 1. The van der Waals surface area contributed by atoms with E-state index < -0.39 is 0 Å². The van der Waals surface area contributed by atoms with Crippen molar-refractivity contribution >= 4 is 11.7 Å². The van der Waals surface area contributed by atoms with Gasteiger partial charge in [0.2, 0.25) is 0 Å². The van der Waals surface area contributed by atoms with Crippen LogP contribution in [-0.4, -0.2) is 19.1 Å². The molecule has 0 saturated heterocycles. The normalized spacial score (nSPS) is 13.0. The van der Waals surface area contributed by atoms with E-state index in [0.29, 0.717) is 6.54 Å². The fourth-order valence-corrected chi connectivity index (χ4v) is 2.78. The Morgan fingerprint density at radius 2 is 1.81 bits per heavy atom. The number of aryl methyl sites for hydroxylation is 1. The molecule has 0 bridgehead atoms. The van der Waals surface area contributed by atoms with E-state index in [0.717, 1.165) is 31.5 Å². The predicted octanol–water partition coefficient (Wildman–Crippen LogP) is 3.39. The van der Waals surface area contributed by atoms with Gasteiger partial charge in [-0.3, -0.25) is 4.90 Å². The topological polar surface area (TPSA) is 32.3 Å². The van der Waals surface area contributed by atoms with Gasteiger partial charge in [0, 0.05) is 18.8 Å². The van der Waals surface area contributed by atoms with Crippen LogP contribution in [0.15, 0.2) is 54.6 Å². The molecule has 108 valence electrons. The molecular weight excluding hydrogens is 260 g/mol. The highest BCUT2D eigenvalue weighted by Crippen LogP contribution is 2.27. The van der Waals surface area contributed by atoms with Gasteiger partial charge in [0.05, 0.1) is 0 Å². The number of hydrogen-bond donors (Lipinski definition) is 1. The van der Waals surface area contributed by atoms with Crippen LogP contribution >= 0.6 is 0 Å². The van der Waals surface area contributed by atoms with Crippen molar-refractivity contribution < 1.29 is 4.79 Å². The number of anilines is 1. The van der Waals surface area contributed by atoms with Crippen molar-refractivity contribution in [3.05, 3.63) is 65.7 Å². The number of urea groups is 1. The molecule has 2 aromatic rings. The quantitative estimate of drug-likeness (QED) is 0.855. The van der Waals surface area contributed by atoms with Crippen molar-refractivity contribution in [2.24, 2.45) is 0 Å². The molecule has 3 nitrogen and oxygen atoms in total. The second kappa shape index (κ2) is 6.44. The second-order valence-electron chi connectivity index (χ2n) is 5.35. The first-order valence-corrected chi connectivity index (χ1v) is 7.52. The number of carbonyl (C=O) groups is 1. The highest BCUT2D eigenvalue weighted by atomic mass is 16.2. The average molecular weight is 280 g/mol. The molecule has 3 rings (SSSR count). The zero-order valence-electron chi connectivity index (χ0n) is 12.1. The zero-order chi connectivity index (χ0) is 14.5. The molecule has 0 aliphatic carbocycles. The van der Waals surface area contributed by atoms with Crippen LogP contribution in [0.4, 0.5) is 10.5 Å². The molecule has 2 amide bonds. The molecule has 0 fully saturated rings. The Bertz CT molecular complexity index is 610. The Balaban J connectivity index is 1.47. The molecule has 0 atom stereocenters. The Morgan fingerprint density at radius 3 is 2.67 bits per heavy atom. The lowest BCUT2D eigenvalue weighted by molar-refractivity contribution is 0.246. The molecule has 0 unspecified atom stereocenters. The number of hydrogen-bond acceptors (Lipinski definition) is 1. The minimum atomic E-state index is 0.0213. The van der Waals surface area contributed by atoms with Gasteiger partial charge in [0.25, 0.3) is 0 Å². The van der Waals surface area contributed by atoms with Crippen molar-refractivity contribution in [3.8, 4) is 0 Å². The molecule has 0 saturated carbocycles. The first kappa shape index (κ1) is 13.7. The molecule has 0 spiro atoms. The van der Waals surface area contributed by atoms with Gasteiger partial charge in [-0.1, -0.05) is 48.5 Å². The third kappa shape index (κ3) is 3.24. The van der Waals surface area contributed by atoms with Crippen LogP contribution in [0, 0.1) is 0 Å².